The molecule has 2 rings (SSSR count). The van der Waals surface area contributed by atoms with Gasteiger partial charge in [-0.25, -0.2) is 13.2 Å². The zero-order valence-electron chi connectivity index (χ0n) is 13.9. The monoisotopic (exact) mass is 339 g/mol. The van der Waals surface area contributed by atoms with E-state index < -0.39 is 10.0 Å². The third-order valence-electron chi connectivity index (χ3n) is 4.18. The molecule has 1 aromatic rings. The summed E-state index contributed by atoms with van der Waals surface area (Å²) in [5.74, 6) is 0.484. The summed E-state index contributed by atoms with van der Waals surface area (Å²) < 4.78 is 24.7. The standard InChI is InChI=1S/C16H25N3O3S/c1-13-8-6-7-11-19(12-13)16(20)17-14-9-4-5-10-15(14)18(2)23(3,21)22/h4-5,9-10,13H,6-8,11-12H2,1-3H3,(H,17,20)/t13-/m1/s1. The van der Waals surface area contributed by atoms with Crippen molar-refractivity contribution in [1.29, 1.82) is 0 Å². The van der Waals surface area contributed by atoms with E-state index in [1.165, 1.54) is 11.4 Å². The molecule has 23 heavy (non-hydrogen) atoms. The van der Waals surface area contributed by atoms with Gasteiger partial charge in [0.2, 0.25) is 10.0 Å². The Morgan fingerprint density at radius 1 is 1.30 bits per heavy atom. The Kier molecular flexibility index (Phi) is 5.51. The highest BCUT2D eigenvalue weighted by Crippen LogP contribution is 2.27. The van der Waals surface area contributed by atoms with Crippen LogP contribution in [-0.2, 0) is 10.0 Å². The van der Waals surface area contributed by atoms with E-state index in [0.717, 1.165) is 38.6 Å². The molecule has 1 aromatic carbocycles. The first kappa shape index (κ1) is 17.6. The Morgan fingerprint density at radius 2 is 2.00 bits per heavy atom. The molecule has 6 nitrogen and oxygen atoms in total. The number of hydrogen-bond acceptors (Lipinski definition) is 3. The number of carbonyl (C=O) groups is 1. The van der Waals surface area contributed by atoms with Gasteiger partial charge in [-0.05, 0) is 30.9 Å². The number of carbonyl (C=O) groups excluding carboxylic acids is 1. The molecule has 1 aliphatic rings. The van der Waals surface area contributed by atoms with Crippen LogP contribution in [0.15, 0.2) is 24.3 Å². The summed E-state index contributed by atoms with van der Waals surface area (Å²) in [4.78, 5) is 14.4. The third kappa shape index (κ3) is 4.60. The maximum Gasteiger partial charge on any atom is 0.321 e. The Bertz CT molecular complexity index is 660. The summed E-state index contributed by atoms with van der Waals surface area (Å²) in [6.07, 6.45) is 4.42. The van der Waals surface area contributed by atoms with E-state index in [1.54, 1.807) is 24.3 Å². The maximum absolute atomic E-state index is 12.5. The molecule has 0 radical (unpaired) electrons. The average molecular weight is 339 g/mol. The molecule has 1 aliphatic heterocycles. The van der Waals surface area contributed by atoms with Crippen LogP contribution in [0.25, 0.3) is 0 Å². The van der Waals surface area contributed by atoms with Crippen molar-refractivity contribution in [2.24, 2.45) is 5.92 Å². The van der Waals surface area contributed by atoms with Gasteiger partial charge in [0, 0.05) is 20.1 Å². The number of nitrogens with one attached hydrogen (secondary N) is 1. The van der Waals surface area contributed by atoms with Crippen molar-refractivity contribution in [1.82, 2.24) is 4.90 Å². The highest BCUT2D eigenvalue weighted by molar-refractivity contribution is 7.92. The minimum Gasteiger partial charge on any atom is -0.324 e. The molecule has 7 heteroatoms. The number of amides is 2. The number of para-hydroxylation sites is 2. The second-order valence-corrected chi connectivity index (χ2v) is 8.24. The number of nitrogens with zero attached hydrogens (tertiary/aromatic N) is 2. The van der Waals surface area contributed by atoms with Gasteiger partial charge in [-0.3, -0.25) is 4.31 Å². The van der Waals surface area contributed by atoms with Gasteiger partial charge in [-0.2, -0.15) is 0 Å². The van der Waals surface area contributed by atoms with Crippen LogP contribution >= 0.6 is 0 Å². The van der Waals surface area contributed by atoms with Crippen LogP contribution in [0.1, 0.15) is 26.2 Å². The molecule has 1 atom stereocenters. The fraction of sp³-hybridized carbons (Fsp3) is 0.562. The fourth-order valence-electron chi connectivity index (χ4n) is 2.77. The number of hydrogen-bond donors (Lipinski definition) is 1. The van der Waals surface area contributed by atoms with Crippen LogP contribution in [0.3, 0.4) is 0 Å². The van der Waals surface area contributed by atoms with Gasteiger partial charge < -0.3 is 10.2 Å². The topological polar surface area (TPSA) is 69.7 Å². The Labute approximate surface area is 138 Å². The minimum absolute atomic E-state index is 0.173. The lowest BCUT2D eigenvalue weighted by Gasteiger charge is -2.25. The SMILES string of the molecule is C[C@@H]1CCCCN(C(=O)Nc2ccccc2N(C)S(C)(=O)=O)C1. The number of rotatable bonds is 3. The zero-order valence-corrected chi connectivity index (χ0v) is 14.8. The number of anilines is 2. The highest BCUT2D eigenvalue weighted by atomic mass is 32.2. The Balaban J connectivity index is 2.18. The normalized spacial score (nSPS) is 19.1. The van der Waals surface area contributed by atoms with Gasteiger partial charge in [0.15, 0.2) is 0 Å². The molecule has 0 unspecified atom stereocenters. The lowest BCUT2D eigenvalue weighted by Crippen LogP contribution is -2.38. The molecule has 1 N–H and O–H groups in total. The third-order valence-corrected chi connectivity index (χ3v) is 5.37. The fourth-order valence-corrected chi connectivity index (χ4v) is 3.28. The van der Waals surface area contributed by atoms with Crippen molar-refractivity contribution in [3.05, 3.63) is 24.3 Å². The second kappa shape index (κ2) is 7.21. The van der Waals surface area contributed by atoms with E-state index in [2.05, 4.69) is 12.2 Å². The van der Waals surface area contributed by atoms with Gasteiger partial charge >= 0.3 is 6.03 Å². The van der Waals surface area contributed by atoms with Crippen molar-refractivity contribution in [2.45, 2.75) is 26.2 Å². The second-order valence-electron chi connectivity index (χ2n) is 6.22. The Hall–Kier alpha value is -1.76. The van der Waals surface area contributed by atoms with Crippen molar-refractivity contribution in [3.63, 3.8) is 0 Å². The largest absolute Gasteiger partial charge is 0.324 e. The van der Waals surface area contributed by atoms with E-state index in [9.17, 15) is 13.2 Å². The number of likely N-dealkylation sites (tertiary alicyclic amines) is 1. The molecule has 0 aliphatic carbocycles. The number of sulfonamides is 1. The molecular formula is C16H25N3O3S. The van der Waals surface area contributed by atoms with E-state index in [-0.39, 0.29) is 6.03 Å². The number of benzene rings is 1. The molecule has 2 amide bonds. The van der Waals surface area contributed by atoms with E-state index in [4.69, 9.17) is 0 Å². The van der Waals surface area contributed by atoms with Gasteiger partial charge in [0.05, 0.1) is 17.6 Å². The molecule has 1 fully saturated rings. The average Bonchev–Trinajstić information content (AvgIpc) is 2.71. The smallest absolute Gasteiger partial charge is 0.321 e. The van der Waals surface area contributed by atoms with Gasteiger partial charge in [0.25, 0.3) is 0 Å². The highest BCUT2D eigenvalue weighted by Gasteiger charge is 2.22. The predicted octanol–water partition coefficient (Wildman–Crippen LogP) is 2.74. The molecule has 1 saturated heterocycles. The van der Waals surface area contributed by atoms with Gasteiger partial charge in [0.1, 0.15) is 0 Å². The first-order chi connectivity index (χ1) is 10.8. The van der Waals surface area contributed by atoms with E-state index >= 15 is 0 Å². The van der Waals surface area contributed by atoms with E-state index in [0.29, 0.717) is 17.3 Å². The van der Waals surface area contributed by atoms with Crippen LogP contribution in [0.2, 0.25) is 0 Å². The van der Waals surface area contributed by atoms with Crippen LogP contribution in [0.5, 0.6) is 0 Å². The van der Waals surface area contributed by atoms with Crippen LogP contribution < -0.4 is 9.62 Å². The quantitative estimate of drug-likeness (QED) is 0.920. The van der Waals surface area contributed by atoms with Gasteiger partial charge in [-0.1, -0.05) is 25.5 Å². The zero-order chi connectivity index (χ0) is 17.0. The molecular weight excluding hydrogens is 314 g/mol. The molecule has 0 aromatic heterocycles. The predicted molar refractivity (Wildman–Crippen MR) is 93.3 cm³/mol. The molecule has 128 valence electrons. The summed E-state index contributed by atoms with van der Waals surface area (Å²) in [6.45, 7) is 3.62. The summed E-state index contributed by atoms with van der Waals surface area (Å²) in [7, 11) is -1.90. The maximum atomic E-state index is 12.5. The van der Waals surface area contributed by atoms with Crippen LogP contribution in [0, 0.1) is 5.92 Å². The van der Waals surface area contributed by atoms with Crippen molar-refractivity contribution in [2.75, 3.05) is 36.0 Å². The molecule has 0 spiro atoms. The van der Waals surface area contributed by atoms with E-state index in [1.807, 2.05) is 4.90 Å². The van der Waals surface area contributed by atoms with Crippen molar-refractivity contribution < 1.29 is 13.2 Å². The van der Waals surface area contributed by atoms with Crippen LogP contribution in [-0.4, -0.2) is 45.7 Å². The van der Waals surface area contributed by atoms with Gasteiger partial charge in [-0.15, -0.1) is 0 Å². The first-order valence-corrected chi connectivity index (χ1v) is 9.72. The summed E-state index contributed by atoms with van der Waals surface area (Å²) in [5, 5.41) is 2.86. The first-order valence-electron chi connectivity index (χ1n) is 7.88. The molecule has 0 bridgehead atoms. The molecule has 0 saturated carbocycles. The molecule has 1 heterocycles. The number of urea groups is 1. The lowest BCUT2D eigenvalue weighted by molar-refractivity contribution is 0.207. The van der Waals surface area contributed by atoms with Crippen LogP contribution in [0.4, 0.5) is 16.2 Å². The lowest BCUT2D eigenvalue weighted by atomic mass is 10.1. The Morgan fingerprint density at radius 3 is 2.70 bits per heavy atom. The van der Waals surface area contributed by atoms with Crippen molar-refractivity contribution >= 4 is 27.4 Å². The minimum atomic E-state index is -3.39. The van der Waals surface area contributed by atoms with Crippen molar-refractivity contribution in [3.8, 4) is 0 Å². The summed E-state index contributed by atoms with van der Waals surface area (Å²) in [6, 6.07) is 6.76. The summed E-state index contributed by atoms with van der Waals surface area (Å²) >= 11 is 0. The summed E-state index contributed by atoms with van der Waals surface area (Å²) in [5.41, 5.74) is 0.966.